The van der Waals surface area contributed by atoms with E-state index < -0.39 is 11.4 Å². The average molecular weight is 228 g/mol. The fourth-order valence-corrected chi connectivity index (χ4v) is 2.74. The van der Waals surface area contributed by atoms with E-state index in [-0.39, 0.29) is 12.2 Å². The lowest BCUT2D eigenvalue weighted by atomic mass is 9.77. The first-order chi connectivity index (χ1) is 7.62. The first-order valence-corrected chi connectivity index (χ1v) is 6.09. The highest BCUT2D eigenvalue weighted by Gasteiger charge is 2.43. The van der Waals surface area contributed by atoms with E-state index in [2.05, 4.69) is 0 Å². The molecule has 3 unspecified atom stereocenters. The average Bonchev–Trinajstić information content (AvgIpc) is 2.65. The van der Waals surface area contributed by atoms with Crippen molar-refractivity contribution in [2.45, 2.75) is 51.2 Å². The van der Waals surface area contributed by atoms with Gasteiger partial charge in [-0.1, -0.05) is 0 Å². The molecule has 2 fully saturated rings. The van der Waals surface area contributed by atoms with Crippen LogP contribution in [0.1, 0.15) is 39.0 Å². The maximum Gasteiger partial charge on any atom is 0.312 e. The third-order valence-corrected chi connectivity index (χ3v) is 3.71. The molecule has 4 nitrogen and oxygen atoms in total. The molecule has 16 heavy (non-hydrogen) atoms. The van der Waals surface area contributed by atoms with Crippen LogP contribution in [-0.2, 0) is 14.3 Å². The quantitative estimate of drug-likeness (QED) is 0.800. The number of aliphatic carboxylic acids is 1. The number of hydrogen-bond donors (Lipinski definition) is 1. The smallest absolute Gasteiger partial charge is 0.312 e. The van der Waals surface area contributed by atoms with Gasteiger partial charge in [0, 0.05) is 6.61 Å². The molecule has 0 amide bonds. The Morgan fingerprint density at radius 3 is 2.81 bits per heavy atom. The molecule has 0 saturated carbocycles. The molecule has 0 spiro atoms. The van der Waals surface area contributed by atoms with Crippen LogP contribution in [0.4, 0.5) is 0 Å². The molecular formula is C12H20O4. The minimum atomic E-state index is -0.727. The summed E-state index contributed by atoms with van der Waals surface area (Å²) in [7, 11) is 0. The van der Waals surface area contributed by atoms with Crippen LogP contribution in [0.5, 0.6) is 0 Å². The van der Waals surface area contributed by atoms with Gasteiger partial charge in [0.2, 0.25) is 0 Å². The van der Waals surface area contributed by atoms with Crippen LogP contribution in [0.3, 0.4) is 0 Å². The molecule has 2 saturated heterocycles. The summed E-state index contributed by atoms with van der Waals surface area (Å²) in [6, 6.07) is 0. The minimum absolute atomic E-state index is 0.104. The molecule has 0 bridgehead atoms. The van der Waals surface area contributed by atoms with Crippen molar-refractivity contribution in [3.63, 3.8) is 0 Å². The lowest BCUT2D eigenvalue weighted by Crippen LogP contribution is -2.42. The Morgan fingerprint density at radius 1 is 1.50 bits per heavy atom. The van der Waals surface area contributed by atoms with E-state index in [1.54, 1.807) is 0 Å². The van der Waals surface area contributed by atoms with Gasteiger partial charge in [0.1, 0.15) is 0 Å². The van der Waals surface area contributed by atoms with Crippen LogP contribution in [0.15, 0.2) is 0 Å². The van der Waals surface area contributed by atoms with E-state index in [0.717, 1.165) is 25.7 Å². The summed E-state index contributed by atoms with van der Waals surface area (Å²) in [4.78, 5) is 11.4. The first-order valence-electron chi connectivity index (χ1n) is 6.09. The van der Waals surface area contributed by atoms with Crippen molar-refractivity contribution in [3.05, 3.63) is 0 Å². The van der Waals surface area contributed by atoms with Crippen LogP contribution in [0.2, 0.25) is 0 Å². The topological polar surface area (TPSA) is 55.8 Å². The second-order valence-electron chi connectivity index (χ2n) is 5.09. The monoisotopic (exact) mass is 228 g/mol. The Bertz CT molecular complexity index is 258. The van der Waals surface area contributed by atoms with E-state index in [0.29, 0.717) is 19.6 Å². The zero-order valence-corrected chi connectivity index (χ0v) is 9.78. The molecule has 0 aromatic rings. The van der Waals surface area contributed by atoms with Crippen molar-refractivity contribution in [2.75, 3.05) is 13.2 Å². The molecule has 0 aromatic carbocycles. The van der Waals surface area contributed by atoms with Gasteiger partial charge in [-0.2, -0.15) is 0 Å². The Kier molecular flexibility index (Phi) is 3.50. The Balaban J connectivity index is 1.99. The summed E-state index contributed by atoms with van der Waals surface area (Å²) in [6.07, 6.45) is 4.57. The highest BCUT2D eigenvalue weighted by molar-refractivity contribution is 5.75. The standard InChI is InChI=1S/C12H20O4/c1-9-3-4-10(16-9)7-12(11(13)14)5-2-6-15-8-12/h9-10H,2-8H2,1H3,(H,13,14). The van der Waals surface area contributed by atoms with Gasteiger partial charge in [-0.15, -0.1) is 0 Å². The lowest BCUT2D eigenvalue weighted by molar-refractivity contribution is -0.161. The van der Waals surface area contributed by atoms with E-state index in [1.165, 1.54) is 0 Å². The molecule has 92 valence electrons. The molecule has 0 radical (unpaired) electrons. The van der Waals surface area contributed by atoms with Gasteiger partial charge in [-0.05, 0) is 39.0 Å². The summed E-state index contributed by atoms with van der Waals surface area (Å²) in [5.41, 5.74) is -0.701. The van der Waals surface area contributed by atoms with E-state index in [1.807, 2.05) is 6.92 Å². The minimum Gasteiger partial charge on any atom is -0.481 e. The van der Waals surface area contributed by atoms with Gasteiger partial charge in [-0.25, -0.2) is 0 Å². The molecule has 0 aliphatic carbocycles. The Hall–Kier alpha value is -0.610. The highest BCUT2D eigenvalue weighted by atomic mass is 16.5. The van der Waals surface area contributed by atoms with Gasteiger partial charge in [0.25, 0.3) is 0 Å². The van der Waals surface area contributed by atoms with Crippen molar-refractivity contribution in [1.82, 2.24) is 0 Å². The van der Waals surface area contributed by atoms with E-state index in [9.17, 15) is 9.90 Å². The van der Waals surface area contributed by atoms with E-state index in [4.69, 9.17) is 9.47 Å². The number of rotatable bonds is 3. The molecule has 4 heteroatoms. The molecule has 3 atom stereocenters. The number of carbonyl (C=O) groups is 1. The van der Waals surface area contributed by atoms with Crippen LogP contribution in [0, 0.1) is 5.41 Å². The zero-order valence-electron chi connectivity index (χ0n) is 9.78. The van der Waals surface area contributed by atoms with E-state index >= 15 is 0 Å². The summed E-state index contributed by atoms with van der Waals surface area (Å²) >= 11 is 0. The van der Waals surface area contributed by atoms with Crippen LogP contribution >= 0.6 is 0 Å². The van der Waals surface area contributed by atoms with Gasteiger partial charge in [0.05, 0.1) is 24.2 Å². The summed E-state index contributed by atoms with van der Waals surface area (Å²) in [5, 5.41) is 9.38. The normalized spacial score (nSPS) is 39.8. The molecule has 2 aliphatic rings. The van der Waals surface area contributed by atoms with Gasteiger partial charge in [0.15, 0.2) is 0 Å². The zero-order chi connectivity index (χ0) is 11.6. The maximum absolute atomic E-state index is 11.4. The Morgan fingerprint density at radius 2 is 2.31 bits per heavy atom. The SMILES string of the molecule is CC1CCC(CC2(C(=O)O)CCCOC2)O1. The largest absolute Gasteiger partial charge is 0.481 e. The first kappa shape index (κ1) is 11.9. The van der Waals surface area contributed by atoms with Gasteiger partial charge < -0.3 is 14.6 Å². The lowest BCUT2D eigenvalue weighted by Gasteiger charge is -2.34. The second kappa shape index (κ2) is 4.72. The van der Waals surface area contributed by atoms with Crippen molar-refractivity contribution < 1.29 is 19.4 Å². The molecule has 1 N–H and O–H groups in total. The van der Waals surface area contributed by atoms with Gasteiger partial charge in [-0.3, -0.25) is 4.79 Å². The van der Waals surface area contributed by atoms with Crippen molar-refractivity contribution in [1.29, 1.82) is 0 Å². The van der Waals surface area contributed by atoms with Crippen molar-refractivity contribution in [2.24, 2.45) is 5.41 Å². The molecule has 2 heterocycles. The second-order valence-corrected chi connectivity index (χ2v) is 5.09. The predicted molar refractivity (Wildman–Crippen MR) is 58.3 cm³/mol. The fourth-order valence-electron chi connectivity index (χ4n) is 2.74. The van der Waals surface area contributed by atoms with Crippen molar-refractivity contribution >= 4 is 5.97 Å². The van der Waals surface area contributed by atoms with Gasteiger partial charge >= 0.3 is 5.97 Å². The third kappa shape index (κ3) is 2.38. The maximum atomic E-state index is 11.4. The number of carboxylic acid groups (broad SMARTS) is 1. The summed E-state index contributed by atoms with van der Waals surface area (Å²) in [6.45, 7) is 3.08. The molecular weight excluding hydrogens is 208 g/mol. The number of carboxylic acids is 1. The fraction of sp³-hybridized carbons (Fsp3) is 0.917. The third-order valence-electron chi connectivity index (χ3n) is 3.71. The molecule has 0 aromatic heterocycles. The molecule has 2 aliphatic heterocycles. The number of hydrogen-bond acceptors (Lipinski definition) is 3. The summed E-state index contributed by atoms with van der Waals surface area (Å²) < 4.78 is 11.1. The van der Waals surface area contributed by atoms with Crippen LogP contribution in [-0.4, -0.2) is 36.5 Å². The van der Waals surface area contributed by atoms with Crippen LogP contribution < -0.4 is 0 Å². The summed E-state index contributed by atoms with van der Waals surface area (Å²) in [5.74, 6) is -0.727. The predicted octanol–water partition coefficient (Wildman–Crippen LogP) is 1.83. The Labute approximate surface area is 95.9 Å². The molecule has 2 rings (SSSR count). The number of ether oxygens (including phenoxy) is 2. The highest BCUT2D eigenvalue weighted by Crippen LogP contribution is 2.37. The van der Waals surface area contributed by atoms with Crippen molar-refractivity contribution in [3.8, 4) is 0 Å². The van der Waals surface area contributed by atoms with Crippen LogP contribution in [0.25, 0.3) is 0 Å².